The van der Waals surface area contributed by atoms with Gasteiger partial charge in [-0.15, -0.1) is 5.10 Å². The molecule has 2 aromatic rings. The number of amides is 2. The third-order valence-electron chi connectivity index (χ3n) is 5.59. The third kappa shape index (κ3) is 3.31. The summed E-state index contributed by atoms with van der Waals surface area (Å²) in [5.41, 5.74) is 6.66. The summed E-state index contributed by atoms with van der Waals surface area (Å²) in [6, 6.07) is 0.0734. The molecule has 2 aliphatic rings. The quantitative estimate of drug-likeness (QED) is 0.891. The molecule has 8 heteroatoms. The Morgan fingerprint density at radius 1 is 1.20 bits per heavy atom. The summed E-state index contributed by atoms with van der Waals surface area (Å²) in [6.07, 6.45) is 8.74. The predicted molar refractivity (Wildman–Crippen MR) is 99.1 cm³/mol. The Bertz CT molecular complexity index is 716. The summed E-state index contributed by atoms with van der Waals surface area (Å²) < 4.78 is 1.88. The van der Waals surface area contributed by atoms with Crippen molar-refractivity contribution in [2.75, 3.05) is 24.5 Å². The van der Waals surface area contributed by atoms with Gasteiger partial charge in [0.05, 0.1) is 11.9 Å². The molecule has 2 fully saturated rings. The van der Waals surface area contributed by atoms with E-state index in [4.69, 9.17) is 5.73 Å². The first-order valence-corrected chi connectivity index (χ1v) is 10.1. The van der Waals surface area contributed by atoms with Gasteiger partial charge in [0, 0.05) is 25.7 Å². The molecule has 0 radical (unpaired) electrons. The van der Waals surface area contributed by atoms with E-state index in [9.17, 15) is 4.79 Å². The summed E-state index contributed by atoms with van der Waals surface area (Å²) in [7, 11) is 0. The molecule has 0 aromatic carbocycles. The van der Waals surface area contributed by atoms with Crippen LogP contribution in [0.2, 0.25) is 0 Å². The minimum atomic E-state index is -0.245. The molecule has 2 aliphatic heterocycles. The van der Waals surface area contributed by atoms with Gasteiger partial charge in [-0.3, -0.25) is 0 Å². The summed E-state index contributed by atoms with van der Waals surface area (Å²) in [4.78, 5) is 21.6. The zero-order chi connectivity index (χ0) is 17.4. The number of carbonyl (C=O) groups is 1. The van der Waals surface area contributed by atoms with Crippen molar-refractivity contribution >= 4 is 27.5 Å². The Morgan fingerprint density at radius 2 is 2.00 bits per heavy atom. The van der Waals surface area contributed by atoms with E-state index in [1.165, 1.54) is 12.8 Å². The Morgan fingerprint density at radius 3 is 2.72 bits per heavy atom. The van der Waals surface area contributed by atoms with Crippen LogP contribution in [-0.2, 0) is 0 Å². The molecule has 2 amide bonds. The maximum atomic E-state index is 11.9. The maximum absolute atomic E-state index is 11.9. The SMILES string of the molecule is Cc1cn2nc(N3CCC([C@H]4CCCCCN4C(N)=O)CC3)sc2n1. The molecule has 4 rings (SSSR count). The number of piperidine rings is 1. The number of aryl methyl sites for hydroxylation is 1. The second-order valence-electron chi connectivity index (χ2n) is 7.27. The highest BCUT2D eigenvalue weighted by Gasteiger charge is 2.33. The van der Waals surface area contributed by atoms with Gasteiger partial charge >= 0.3 is 6.03 Å². The Hall–Kier alpha value is -1.83. The van der Waals surface area contributed by atoms with E-state index in [0.717, 1.165) is 61.1 Å². The molecule has 4 heterocycles. The molecule has 1 atom stereocenters. The van der Waals surface area contributed by atoms with Crippen LogP contribution in [0.1, 0.15) is 44.2 Å². The average molecular weight is 363 g/mol. The fourth-order valence-electron chi connectivity index (χ4n) is 4.30. The minimum absolute atomic E-state index is 0.245. The number of nitrogens with zero attached hydrogens (tertiary/aromatic N) is 5. The van der Waals surface area contributed by atoms with Gasteiger partial charge in [-0.25, -0.2) is 14.3 Å². The van der Waals surface area contributed by atoms with Crippen molar-refractivity contribution in [3.8, 4) is 0 Å². The van der Waals surface area contributed by atoms with Crippen LogP contribution in [0.25, 0.3) is 4.96 Å². The number of hydrogen-bond acceptors (Lipinski definition) is 5. The van der Waals surface area contributed by atoms with E-state index < -0.39 is 0 Å². The molecule has 0 unspecified atom stereocenters. The first kappa shape index (κ1) is 16.6. The van der Waals surface area contributed by atoms with Crippen molar-refractivity contribution in [2.45, 2.75) is 51.5 Å². The number of anilines is 1. The van der Waals surface area contributed by atoms with Crippen molar-refractivity contribution in [1.29, 1.82) is 0 Å². The second-order valence-corrected chi connectivity index (χ2v) is 8.20. The Kier molecular flexibility index (Phi) is 4.54. The standard InChI is InChI=1S/C17H26N6OS/c1-12-11-23-16(19-12)25-17(20-23)21-9-6-13(7-10-21)14-5-3-2-4-8-22(14)15(18)24/h11,13-14H,2-10H2,1H3,(H2,18,24)/t14-/m1/s1. The fraction of sp³-hybridized carbons (Fsp3) is 0.706. The molecule has 2 aromatic heterocycles. The van der Waals surface area contributed by atoms with Crippen LogP contribution < -0.4 is 10.6 Å². The molecular weight excluding hydrogens is 336 g/mol. The lowest BCUT2D eigenvalue weighted by Gasteiger charge is -2.39. The van der Waals surface area contributed by atoms with Crippen LogP contribution in [0.4, 0.5) is 9.93 Å². The predicted octanol–water partition coefficient (Wildman–Crippen LogP) is 2.64. The number of primary amides is 1. The number of urea groups is 1. The molecule has 2 saturated heterocycles. The smallest absolute Gasteiger partial charge is 0.315 e. The fourth-order valence-corrected chi connectivity index (χ4v) is 5.28. The lowest BCUT2D eigenvalue weighted by molar-refractivity contribution is 0.143. The molecule has 0 bridgehead atoms. The van der Waals surface area contributed by atoms with Crippen LogP contribution in [0, 0.1) is 12.8 Å². The maximum Gasteiger partial charge on any atom is 0.315 e. The highest BCUT2D eigenvalue weighted by Crippen LogP contribution is 2.33. The van der Waals surface area contributed by atoms with Gasteiger partial charge < -0.3 is 15.5 Å². The van der Waals surface area contributed by atoms with Crippen molar-refractivity contribution in [3.63, 3.8) is 0 Å². The number of likely N-dealkylation sites (tertiary alicyclic amines) is 1. The van der Waals surface area contributed by atoms with Crippen LogP contribution >= 0.6 is 11.3 Å². The molecule has 25 heavy (non-hydrogen) atoms. The van der Waals surface area contributed by atoms with E-state index in [-0.39, 0.29) is 6.03 Å². The lowest BCUT2D eigenvalue weighted by atomic mass is 9.86. The van der Waals surface area contributed by atoms with Gasteiger partial charge in [0.15, 0.2) is 0 Å². The summed E-state index contributed by atoms with van der Waals surface area (Å²) in [6.45, 7) is 4.79. The lowest BCUT2D eigenvalue weighted by Crippen LogP contribution is -2.49. The van der Waals surface area contributed by atoms with Crippen LogP contribution in [0.15, 0.2) is 6.20 Å². The molecule has 0 spiro atoms. The average Bonchev–Trinajstić information content (AvgIpc) is 3.02. The molecule has 2 N–H and O–H groups in total. The first-order chi connectivity index (χ1) is 12.1. The van der Waals surface area contributed by atoms with E-state index in [2.05, 4.69) is 15.0 Å². The number of imidazole rings is 1. The number of hydrogen-bond donors (Lipinski definition) is 1. The van der Waals surface area contributed by atoms with E-state index >= 15 is 0 Å². The van der Waals surface area contributed by atoms with Gasteiger partial charge in [-0.05, 0) is 38.5 Å². The van der Waals surface area contributed by atoms with E-state index in [0.29, 0.717) is 12.0 Å². The number of carbonyl (C=O) groups excluding carboxylic acids is 1. The Labute approximate surface area is 151 Å². The van der Waals surface area contributed by atoms with Crippen LogP contribution in [-0.4, -0.2) is 51.2 Å². The van der Waals surface area contributed by atoms with Gasteiger partial charge in [0.2, 0.25) is 10.1 Å². The number of nitrogens with two attached hydrogens (primary N) is 1. The number of rotatable bonds is 2. The molecule has 136 valence electrons. The van der Waals surface area contributed by atoms with E-state index in [1.54, 1.807) is 11.3 Å². The molecule has 7 nitrogen and oxygen atoms in total. The largest absolute Gasteiger partial charge is 0.351 e. The van der Waals surface area contributed by atoms with Crippen molar-refractivity contribution in [2.24, 2.45) is 11.7 Å². The molecular formula is C17H26N6OS. The van der Waals surface area contributed by atoms with E-state index in [1.807, 2.05) is 22.5 Å². The molecule has 0 saturated carbocycles. The number of aromatic nitrogens is 3. The Balaban J connectivity index is 1.42. The van der Waals surface area contributed by atoms with Gasteiger partial charge in [0.25, 0.3) is 0 Å². The van der Waals surface area contributed by atoms with Crippen LogP contribution in [0.5, 0.6) is 0 Å². The highest BCUT2D eigenvalue weighted by atomic mass is 32.1. The van der Waals surface area contributed by atoms with Crippen molar-refractivity contribution in [1.82, 2.24) is 19.5 Å². The zero-order valence-electron chi connectivity index (χ0n) is 14.7. The van der Waals surface area contributed by atoms with Crippen molar-refractivity contribution < 1.29 is 4.79 Å². The van der Waals surface area contributed by atoms with Gasteiger partial charge in [-0.2, -0.15) is 0 Å². The summed E-state index contributed by atoms with van der Waals surface area (Å²) in [5, 5.41) is 5.72. The topological polar surface area (TPSA) is 79.8 Å². The van der Waals surface area contributed by atoms with Gasteiger partial charge in [0.1, 0.15) is 0 Å². The monoisotopic (exact) mass is 362 g/mol. The summed E-state index contributed by atoms with van der Waals surface area (Å²) >= 11 is 1.65. The van der Waals surface area contributed by atoms with Crippen LogP contribution in [0.3, 0.4) is 0 Å². The highest BCUT2D eigenvalue weighted by molar-refractivity contribution is 7.20. The van der Waals surface area contributed by atoms with Crippen molar-refractivity contribution in [3.05, 3.63) is 11.9 Å². The first-order valence-electron chi connectivity index (χ1n) is 9.25. The number of fused-ring (bicyclic) bond motifs is 1. The normalized spacial score (nSPS) is 23.2. The molecule has 0 aliphatic carbocycles. The minimum Gasteiger partial charge on any atom is -0.351 e. The third-order valence-corrected chi connectivity index (χ3v) is 6.57. The summed E-state index contributed by atoms with van der Waals surface area (Å²) in [5.74, 6) is 0.549. The second kappa shape index (κ2) is 6.82. The van der Waals surface area contributed by atoms with Gasteiger partial charge in [-0.1, -0.05) is 24.2 Å². The zero-order valence-corrected chi connectivity index (χ0v) is 15.5.